The van der Waals surface area contributed by atoms with Crippen LogP contribution >= 0.6 is 0 Å². The zero-order chi connectivity index (χ0) is 14.5. The van der Waals surface area contributed by atoms with Gasteiger partial charge >= 0.3 is 0 Å². The lowest BCUT2D eigenvalue weighted by Gasteiger charge is -2.27. The Kier molecular flexibility index (Phi) is 4.93. The van der Waals surface area contributed by atoms with Crippen LogP contribution in [0, 0.1) is 0 Å². The number of aromatic nitrogens is 1. The van der Waals surface area contributed by atoms with Crippen molar-refractivity contribution in [3.63, 3.8) is 0 Å². The molecule has 0 aliphatic heterocycles. The first kappa shape index (κ1) is 14.8. The second kappa shape index (κ2) is 6.68. The van der Waals surface area contributed by atoms with E-state index in [-0.39, 0.29) is 0 Å². The van der Waals surface area contributed by atoms with E-state index in [2.05, 4.69) is 35.9 Å². The Hall–Kier alpha value is -1.65. The van der Waals surface area contributed by atoms with Gasteiger partial charge in [-0.2, -0.15) is 0 Å². The number of rotatable bonds is 6. The maximum absolute atomic E-state index is 6.09. The molecule has 0 spiro atoms. The van der Waals surface area contributed by atoms with Crippen molar-refractivity contribution in [2.45, 2.75) is 26.4 Å². The van der Waals surface area contributed by atoms with Gasteiger partial charge in [-0.1, -0.05) is 25.1 Å². The molecule has 0 bridgehead atoms. The molecule has 4 heteroatoms. The molecule has 4 nitrogen and oxygen atoms in total. The van der Waals surface area contributed by atoms with Crippen LogP contribution in [0.15, 0.2) is 30.3 Å². The topological polar surface area (TPSA) is 51.4 Å². The van der Waals surface area contributed by atoms with Gasteiger partial charge < -0.3 is 10.5 Å². The summed E-state index contributed by atoms with van der Waals surface area (Å²) in [6.45, 7) is 6.78. The van der Waals surface area contributed by atoms with Gasteiger partial charge in [-0.05, 0) is 25.6 Å². The summed E-state index contributed by atoms with van der Waals surface area (Å²) in [6.07, 6.45) is 0. The number of fused-ring (bicyclic) bond motifs is 1. The molecular formula is C16H23N3O. The Bertz CT molecular complexity index is 571. The summed E-state index contributed by atoms with van der Waals surface area (Å²) in [4.78, 5) is 6.83. The molecule has 1 heterocycles. The van der Waals surface area contributed by atoms with E-state index in [1.54, 1.807) is 7.11 Å². The van der Waals surface area contributed by atoms with E-state index in [4.69, 9.17) is 10.5 Å². The fourth-order valence-electron chi connectivity index (χ4n) is 2.45. The number of para-hydroxylation sites is 1. The molecule has 0 saturated heterocycles. The van der Waals surface area contributed by atoms with Gasteiger partial charge in [0.15, 0.2) is 0 Å². The molecule has 0 radical (unpaired) electrons. The molecule has 1 aromatic carbocycles. The summed E-state index contributed by atoms with van der Waals surface area (Å²) >= 11 is 0. The summed E-state index contributed by atoms with van der Waals surface area (Å²) in [7, 11) is 1.73. The Balaban J connectivity index is 2.25. The maximum atomic E-state index is 6.09. The van der Waals surface area contributed by atoms with Crippen molar-refractivity contribution in [3.8, 4) is 0 Å². The number of hydrogen-bond donors (Lipinski definition) is 1. The van der Waals surface area contributed by atoms with Gasteiger partial charge in [-0.3, -0.25) is 4.90 Å². The normalized spacial score (nSPS) is 13.0. The zero-order valence-corrected chi connectivity index (χ0v) is 12.5. The minimum Gasteiger partial charge on any atom is -0.383 e. The van der Waals surface area contributed by atoms with Crippen LogP contribution in [0.25, 0.3) is 10.9 Å². The first-order valence-electron chi connectivity index (χ1n) is 7.02. The first-order valence-corrected chi connectivity index (χ1v) is 7.02. The minimum absolute atomic E-state index is 0.357. The van der Waals surface area contributed by atoms with Crippen LogP contribution in [0.4, 0.5) is 5.82 Å². The highest BCUT2D eigenvalue weighted by molar-refractivity contribution is 5.81. The Morgan fingerprint density at radius 3 is 2.80 bits per heavy atom. The molecule has 2 rings (SSSR count). The first-order chi connectivity index (χ1) is 9.65. The SMILES string of the molecule is CCN(Cc1cc2ccccc2nc1N)C(C)COC. The highest BCUT2D eigenvalue weighted by Gasteiger charge is 2.14. The zero-order valence-electron chi connectivity index (χ0n) is 12.5. The Morgan fingerprint density at radius 1 is 1.35 bits per heavy atom. The predicted molar refractivity (Wildman–Crippen MR) is 83.6 cm³/mol. The second-order valence-corrected chi connectivity index (χ2v) is 5.09. The van der Waals surface area contributed by atoms with E-state index in [9.17, 15) is 0 Å². The van der Waals surface area contributed by atoms with Crippen LogP contribution < -0.4 is 5.73 Å². The van der Waals surface area contributed by atoms with Gasteiger partial charge in [0.05, 0.1) is 12.1 Å². The van der Waals surface area contributed by atoms with Gasteiger partial charge in [0.1, 0.15) is 5.82 Å². The highest BCUT2D eigenvalue weighted by atomic mass is 16.5. The number of nitrogens with two attached hydrogens (primary N) is 1. The Morgan fingerprint density at radius 2 is 2.10 bits per heavy atom. The molecule has 0 fully saturated rings. The van der Waals surface area contributed by atoms with E-state index in [1.165, 1.54) is 0 Å². The van der Waals surface area contributed by atoms with E-state index in [0.717, 1.165) is 36.2 Å². The third-order valence-corrected chi connectivity index (χ3v) is 3.65. The van der Waals surface area contributed by atoms with Crippen molar-refractivity contribution >= 4 is 16.7 Å². The largest absolute Gasteiger partial charge is 0.383 e. The molecule has 0 amide bonds. The molecule has 0 aliphatic rings. The fourth-order valence-corrected chi connectivity index (χ4v) is 2.45. The third kappa shape index (κ3) is 3.26. The van der Waals surface area contributed by atoms with Crippen LogP contribution in [0.2, 0.25) is 0 Å². The van der Waals surface area contributed by atoms with Crippen LogP contribution in [-0.4, -0.2) is 36.2 Å². The summed E-state index contributed by atoms with van der Waals surface area (Å²) < 4.78 is 5.24. The van der Waals surface area contributed by atoms with Gasteiger partial charge in [0, 0.05) is 30.6 Å². The van der Waals surface area contributed by atoms with Crippen LogP contribution in [0.3, 0.4) is 0 Å². The number of hydrogen-bond acceptors (Lipinski definition) is 4. The quantitative estimate of drug-likeness (QED) is 0.879. The van der Waals surface area contributed by atoms with Crippen LogP contribution in [0.1, 0.15) is 19.4 Å². The van der Waals surface area contributed by atoms with Crippen molar-refractivity contribution in [1.82, 2.24) is 9.88 Å². The number of anilines is 1. The van der Waals surface area contributed by atoms with E-state index in [0.29, 0.717) is 11.9 Å². The number of pyridine rings is 1. The summed E-state index contributed by atoms with van der Waals surface area (Å²) in [6, 6.07) is 10.6. The smallest absolute Gasteiger partial charge is 0.128 e. The number of methoxy groups -OCH3 is 1. The Labute approximate surface area is 120 Å². The second-order valence-electron chi connectivity index (χ2n) is 5.09. The van der Waals surface area contributed by atoms with Gasteiger partial charge in [0.25, 0.3) is 0 Å². The van der Waals surface area contributed by atoms with E-state index < -0.39 is 0 Å². The standard InChI is InChI=1S/C16H23N3O/c1-4-19(12(2)11-20-3)10-14-9-13-7-5-6-8-15(13)18-16(14)17/h5-9,12H,4,10-11H2,1-3H3,(H2,17,18). The molecule has 2 N–H and O–H groups in total. The van der Waals surface area contributed by atoms with Gasteiger partial charge in [-0.25, -0.2) is 4.98 Å². The number of likely N-dealkylation sites (N-methyl/N-ethyl adjacent to an activating group) is 1. The van der Waals surface area contributed by atoms with Crippen LogP contribution in [0.5, 0.6) is 0 Å². The van der Waals surface area contributed by atoms with Gasteiger partial charge in [-0.15, -0.1) is 0 Å². The summed E-state index contributed by atoms with van der Waals surface area (Å²) in [5, 5.41) is 1.13. The monoisotopic (exact) mass is 273 g/mol. The number of nitrogen functional groups attached to an aromatic ring is 1. The average molecular weight is 273 g/mol. The molecule has 0 aliphatic carbocycles. The molecule has 1 unspecified atom stereocenters. The lowest BCUT2D eigenvalue weighted by Crippen LogP contribution is -2.35. The fraction of sp³-hybridized carbons (Fsp3) is 0.438. The van der Waals surface area contributed by atoms with Crippen molar-refractivity contribution in [2.75, 3.05) is 26.0 Å². The molecule has 20 heavy (non-hydrogen) atoms. The molecule has 108 valence electrons. The third-order valence-electron chi connectivity index (χ3n) is 3.65. The van der Waals surface area contributed by atoms with Crippen LogP contribution in [-0.2, 0) is 11.3 Å². The molecular weight excluding hydrogens is 250 g/mol. The van der Waals surface area contributed by atoms with Gasteiger partial charge in [0.2, 0.25) is 0 Å². The minimum atomic E-state index is 0.357. The van der Waals surface area contributed by atoms with Crippen molar-refractivity contribution < 1.29 is 4.74 Å². The lowest BCUT2D eigenvalue weighted by atomic mass is 10.1. The number of ether oxygens (including phenoxy) is 1. The molecule has 2 aromatic rings. The van der Waals surface area contributed by atoms with E-state index >= 15 is 0 Å². The van der Waals surface area contributed by atoms with Crippen molar-refractivity contribution in [3.05, 3.63) is 35.9 Å². The molecule has 1 aromatic heterocycles. The lowest BCUT2D eigenvalue weighted by molar-refractivity contribution is 0.0983. The number of nitrogens with zero attached hydrogens (tertiary/aromatic N) is 2. The summed E-state index contributed by atoms with van der Waals surface area (Å²) in [5.74, 6) is 0.617. The predicted octanol–water partition coefficient (Wildman–Crippen LogP) is 2.67. The molecule has 1 atom stereocenters. The number of benzene rings is 1. The maximum Gasteiger partial charge on any atom is 0.128 e. The highest BCUT2D eigenvalue weighted by Crippen LogP contribution is 2.20. The van der Waals surface area contributed by atoms with Crippen molar-refractivity contribution in [1.29, 1.82) is 0 Å². The summed E-state index contributed by atoms with van der Waals surface area (Å²) in [5.41, 5.74) is 8.12. The van der Waals surface area contributed by atoms with E-state index in [1.807, 2.05) is 18.2 Å². The molecule has 0 saturated carbocycles. The average Bonchev–Trinajstić information content (AvgIpc) is 2.45. The van der Waals surface area contributed by atoms with Crippen molar-refractivity contribution in [2.24, 2.45) is 0 Å².